The zero-order valence-electron chi connectivity index (χ0n) is 12.4. The number of rotatable bonds is 2. The van der Waals surface area contributed by atoms with E-state index < -0.39 is 10.0 Å². The second kappa shape index (κ2) is 6.01. The molecule has 0 spiro atoms. The van der Waals surface area contributed by atoms with Gasteiger partial charge in [-0.2, -0.15) is 4.31 Å². The molecule has 0 amide bonds. The number of hydrogen-bond acceptors (Lipinski definition) is 2. The van der Waals surface area contributed by atoms with Crippen molar-refractivity contribution in [1.29, 1.82) is 0 Å². The Kier molecular flexibility index (Phi) is 4.44. The number of benzene rings is 1. The lowest BCUT2D eigenvalue weighted by molar-refractivity contribution is 0.129. The predicted molar refractivity (Wildman–Crippen MR) is 87.8 cm³/mol. The fourth-order valence-corrected chi connectivity index (χ4v) is 5.88. The van der Waals surface area contributed by atoms with E-state index in [1.807, 2.05) is 13.0 Å². The summed E-state index contributed by atoms with van der Waals surface area (Å²) in [7, 11) is -3.36. The predicted octanol–water partition coefficient (Wildman–Crippen LogP) is 4.10. The molecule has 116 valence electrons. The molecular weight excluding hydrogens is 350 g/mol. The number of fused-ring (bicyclic) bond motifs is 1. The van der Waals surface area contributed by atoms with E-state index in [0.717, 1.165) is 29.3 Å². The molecule has 5 heteroatoms. The molecule has 1 aromatic rings. The van der Waals surface area contributed by atoms with Crippen molar-refractivity contribution in [3.63, 3.8) is 0 Å². The van der Waals surface area contributed by atoms with Crippen LogP contribution < -0.4 is 0 Å². The van der Waals surface area contributed by atoms with E-state index in [9.17, 15) is 8.42 Å². The third kappa shape index (κ3) is 2.92. The molecule has 3 rings (SSSR count). The molecule has 1 saturated carbocycles. The number of halogens is 1. The van der Waals surface area contributed by atoms with Crippen LogP contribution in [0, 0.1) is 12.8 Å². The van der Waals surface area contributed by atoms with E-state index in [-0.39, 0.29) is 6.04 Å². The molecule has 0 aromatic heterocycles. The number of hydrogen-bond donors (Lipinski definition) is 0. The van der Waals surface area contributed by atoms with Crippen LogP contribution >= 0.6 is 15.9 Å². The Morgan fingerprint density at radius 2 is 1.86 bits per heavy atom. The van der Waals surface area contributed by atoms with Crippen molar-refractivity contribution in [1.82, 2.24) is 4.31 Å². The summed E-state index contributed by atoms with van der Waals surface area (Å²) in [5.74, 6) is 0.568. The highest BCUT2D eigenvalue weighted by atomic mass is 79.9. The average Bonchev–Trinajstić information content (AvgIpc) is 2.49. The lowest BCUT2D eigenvalue weighted by Gasteiger charge is -2.43. The largest absolute Gasteiger partial charge is 0.243 e. The summed E-state index contributed by atoms with van der Waals surface area (Å²) in [5, 5.41) is 0. The molecule has 2 unspecified atom stereocenters. The Hall–Kier alpha value is -0.390. The minimum Gasteiger partial charge on any atom is -0.207 e. The number of aryl methyl sites for hydroxylation is 1. The summed E-state index contributed by atoms with van der Waals surface area (Å²) in [6, 6.07) is 5.57. The van der Waals surface area contributed by atoms with Crippen LogP contribution in [-0.4, -0.2) is 25.3 Å². The van der Waals surface area contributed by atoms with E-state index in [1.165, 1.54) is 19.3 Å². The van der Waals surface area contributed by atoms with Gasteiger partial charge in [-0.3, -0.25) is 0 Å². The topological polar surface area (TPSA) is 37.4 Å². The van der Waals surface area contributed by atoms with Crippen molar-refractivity contribution in [2.75, 3.05) is 6.54 Å². The average molecular weight is 372 g/mol. The van der Waals surface area contributed by atoms with Gasteiger partial charge in [0, 0.05) is 17.1 Å². The third-order valence-corrected chi connectivity index (χ3v) is 7.74. The number of nitrogens with zero attached hydrogens (tertiary/aromatic N) is 1. The molecule has 3 nitrogen and oxygen atoms in total. The van der Waals surface area contributed by atoms with Crippen LogP contribution in [0.5, 0.6) is 0 Å². The normalized spacial score (nSPS) is 27.3. The van der Waals surface area contributed by atoms with Crippen molar-refractivity contribution < 1.29 is 8.42 Å². The van der Waals surface area contributed by atoms with Gasteiger partial charge in [-0.05, 0) is 62.3 Å². The standard InChI is InChI=1S/C16H22BrNO2S/c1-12-11-14(8-9-15(12)17)21(19,20)18-10-4-6-13-5-2-3-7-16(13)18/h8-9,11,13,16H,2-7,10H2,1H3. The maximum absolute atomic E-state index is 13.0. The lowest BCUT2D eigenvalue weighted by Crippen LogP contribution is -2.49. The Morgan fingerprint density at radius 1 is 1.14 bits per heavy atom. The SMILES string of the molecule is Cc1cc(S(=O)(=O)N2CCCC3CCCCC32)ccc1Br. The zero-order valence-corrected chi connectivity index (χ0v) is 14.8. The molecule has 2 atom stereocenters. The maximum Gasteiger partial charge on any atom is 0.243 e. The summed E-state index contributed by atoms with van der Waals surface area (Å²) in [4.78, 5) is 0.439. The van der Waals surface area contributed by atoms with Crippen LogP contribution in [0.4, 0.5) is 0 Å². The molecule has 1 aromatic carbocycles. The number of sulfonamides is 1. The second-order valence-electron chi connectivity index (χ2n) is 6.28. The smallest absolute Gasteiger partial charge is 0.207 e. The van der Waals surface area contributed by atoms with E-state index in [4.69, 9.17) is 0 Å². The second-order valence-corrected chi connectivity index (χ2v) is 9.03. The van der Waals surface area contributed by atoms with Crippen molar-refractivity contribution in [3.8, 4) is 0 Å². The molecule has 21 heavy (non-hydrogen) atoms. The van der Waals surface area contributed by atoms with Crippen molar-refractivity contribution in [2.24, 2.45) is 5.92 Å². The van der Waals surface area contributed by atoms with Gasteiger partial charge >= 0.3 is 0 Å². The molecule has 2 aliphatic rings. The first-order valence-electron chi connectivity index (χ1n) is 7.78. The van der Waals surface area contributed by atoms with Crippen LogP contribution in [0.1, 0.15) is 44.1 Å². The molecule has 1 aliphatic heterocycles. The molecule has 0 N–H and O–H groups in total. The van der Waals surface area contributed by atoms with E-state index >= 15 is 0 Å². The van der Waals surface area contributed by atoms with Crippen LogP contribution in [-0.2, 0) is 10.0 Å². The molecule has 0 radical (unpaired) electrons. The summed E-state index contributed by atoms with van der Waals surface area (Å²) in [6.07, 6.45) is 6.82. The van der Waals surface area contributed by atoms with Crippen molar-refractivity contribution >= 4 is 26.0 Å². The first-order valence-corrected chi connectivity index (χ1v) is 10.0. The van der Waals surface area contributed by atoms with Gasteiger partial charge in [0.15, 0.2) is 0 Å². The molecule has 1 heterocycles. The van der Waals surface area contributed by atoms with Crippen molar-refractivity contribution in [2.45, 2.75) is 56.4 Å². The van der Waals surface area contributed by atoms with Crippen molar-refractivity contribution in [3.05, 3.63) is 28.2 Å². The third-order valence-electron chi connectivity index (χ3n) is 4.93. The Bertz CT molecular complexity index is 627. The first-order chi connectivity index (χ1) is 10.00. The zero-order chi connectivity index (χ0) is 15.0. The molecule has 2 fully saturated rings. The molecule has 1 saturated heterocycles. The van der Waals surface area contributed by atoms with Gasteiger partial charge in [0.1, 0.15) is 0 Å². The number of piperidine rings is 1. The summed E-state index contributed by atoms with van der Waals surface area (Å²) in [6.45, 7) is 2.61. The minimum atomic E-state index is -3.36. The summed E-state index contributed by atoms with van der Waals surface area (Å²) in [5.41, 5.74) is 0.966. The molecule has 1 aliphatic carbocycles. The van der Waals surface area contributed by atoms with E-state index in [1.54, 1.807) is 16.4 Å². The minimum absolute atomic E-state index is 0.224. The van der Waals surface area contributed by atoms with Gasteiger partial charge in [0.05, 0.1) is 4.90 Å². The van der Waals surface area contributed by atoms with Gasteiger partial charge in [-0.25, -0.2) is 8.42 Å². The Morgan fingerprint density at radius 3 is 2.62 bits per heavy atom. The van der Waals surface area contributed by atoms with E-state index in [2.05, 4.69) is 15.9 Å². The van der Waals surface area contributed by atoms with E-state index in [0.29, 0.717) is 17.4 Å². The van der Waals surface area contributed by atoms with Crippen LogP contribution in [0.2, 0.25) is 0 Å². The van der Waals surface area contributed by atoms with Gasteiger partial charge in [0.25, 0.3) is 0 Å². The van der Waals surface area contributed by atoms with Crippen LogP contribution in [0.3, 0.4) is 0 Å². The first kappa shape index (κ1) is 15.5. The summed E-state index contributed by atoms with van der Waals surface area (Å²) < 4.78 is 28.8. The molecular formula is C16H22BrNO2S. The summed E-state index contributed by atoms with van der Waals surface area (Å²) >= 11 is 3.44. The Balaban J connectivity index is 1.94. The van der Waals surface area contributed by atoms with Crippen LogP contribution in [0.25, 0.3) is 0 Å². The highest BCUT2D eigenvalue weighted by Gasteiger charge is 2.39. The lowest BCUT2D eigenvalue weighted by atomic mass is 9.79. The molecule has 0 bridgehead atoms. The van der Waals surface area contributed by atoms with Gasteiger partial charge in [-0.15, -0.1) is 0 Å². The fourth-order valence-electron chi connectivity index (χ4n) is 3.79. The highest BCUT2D eigenvalue weighted by Crippen LogP contribution is 2.38. The fraction of sp³-hybridized carbons (Fsp3) is 0.625. The Labute approximate surface area is 135 Å². The highest BCUT2D eigenvalue weighted by molar-refractivity contribution is 9.10. The van der Waals surface area contributed by atoms with Crippen LogP contribution in [0.15, 0.2) is 27.6 Å². The maximum atomic E-state index is 13.0. The van der Waals surface area contributed by atoms with Gasteiger partial charge in [0.2, 0.25) is 10.0 Å². The van der Waals surface area contributed by atoms with Gasteiger partial charge < -0.3 is 0 Å². The monoisotopic (exact) mass is 371 g/mol. The van der Waals surface area contributed by atoms with Gasteiger partial charge in [-0.1, -0.05) is 28.8 Å². The quantitative estimate of drug-likeness (QED) is 0.784.